The fourth-order valence-corrected chi connectivity index (χ4v) is 3.17. The normalized spacial score (nSPS) is 23.4. The highest BCUT2D eigenvalue weighted by molar-refractivity contribution is 7.17. The molecule has 2 N–H and O–H groups in total. The monoisotopic (exact) mass is 260 g/mol. The van der Waals surface area contributed by atoms with Gasteiger partial charge >= 0.3 is 0 Å². The first-order chi connectivity index (χ1) is 8.67. The van der Waals surface area contributed by atoms with Gasteiger partial charge in [0.05, 0.1) is 5.54 Å². The molecule has 3 nitrogen and oxygen atoms in total. The highest BCUT2D eigenvalue weighted by atomic mass is 32.1. The van der Waals surface area contributed by atoms with Crippen molar-refractivity contribution in [1.29, 1.82) is 0 Å². The third-order valence-electron chi connectivity index (χ3n) is 3.58. The summed E-state index contributed by atoms with van der Waals surface area (Å²) in [5.74, 6) is 0.0644. The number of hydrogen-bond acceptors (Lipinski definition) is 3. The van der Waals surface area contributed by atoms with Crippen molar-refractivity contribution in [3.8, 4) is 0 Å². The molecule has 0 radical (unpaired) electrons. The van der Waals surface area contributed by atoms with Crippen molar-refractivity contribution in [2.24, 2.45) is 0 Å². The number of rotatable bonds is 2. The van der Waals surface area contributed by atoms with E-state index in [1.807, 2.05) is 19.1 Å². The van der Waals surface area contributed by atoms with Crippen molar-refractivity contribution in [3.63, 3.8) is 0 Å². The molecule has 3 rings (SSSR count). The Morgan fingerprint density at radius 2 is 2.33 bits per heavy atom. The van der Waals surface area contributed by atoms with Crippen molar-refractivity contribution in [3.05, 3.63) is 29.6 Å². The van der Waals surface area contributed by atoms with Gasteiger partial charge in [-0.3, -0.25) is 4.79 Å². The van der Waals surface area contributed by atoms with E-state index in [4.69, 9.17) is 0 Å². The second-order valence-electron chi connectivity index (χ2n) is 4.99. The Balaban J connectivity index is 1.81. The smallest absolute Gasteiger partial charge is 0.244 e. The lowest BCUT2D eigenvalue weighted by Gasteiger charge is -2.23. The van der Waals surface area contributed by atoms with Crippen LogP contribution in [-0.4, -0.2) is 18.0 Å². The van der Waals surface area contributed by atoms with Crippen LogP contribution in [0.2, 0.25) is 0 Å². The lowest BCUT2D eigenvalue weighted by Crippen LogP contribution is -2.47. The van der Waals surface area contributed by atoms with Crippen LogP contribution in [0.1, 0.15) is 19.8 Å². The van der Waals surface area contributed by atoms with Crippen molar-refractivity contribution in [2.75, 3.05) is 11.9 Å². The number of fused-ring (bicyclic) bond motifs is 1. The predicted molar refractivity (Wildman–Crippen MR) is 76.1 cm³/mol. The molecule has 2 aromatic rings. The number of hydrogen-bond donors (Lipinski definition) is 2. The van der Waals surface area contributed by atoms with Gasteiger partial charge in [-0.1, -0.05) is 0 Å². The summed E-state index contributed by atoms with van der Waals surface area (Å²) >= 11 is 1.71. The average Bonchev–Trinajstić information content (AvgIpc) is 2.98. The zero-order chi connectivity index (χ0) is 12.6. The molecule has 1 saturated heterocycles. The molecule has 18 heavy (non-hydrogen) atoms. The van der Waals surface area contributed by atoms with Gasteiger partial charge in [-0.05, 0) is 61.3 Å². The maximum atomic E-state index is 12.2. The number of benzene rings is 1. The Kier molecular flexibility index (Phi) is 2.84. The summed E-state index contributed by atoms with van der Waals surface area (Å²) in [6, 6.07) is 8.13. The highest BCUT2D eigenvalue weighted by Gasteiger charge is 2.35. The highest BCUT2D eigenvalue weighted by Crippen LogP contribution is 2.25. The second-order valence-corrected chi connectivity index (χ2v) is 5.94. The van der Waals surface area contributed by atoms with Gasteiger partial charge < -0.3 is 10.6 Å². The summed E-state index contributed by atoms with van der Waals surface area (Å²) in [5.41, 5.74) is 0.463. The van der Waals surface area contributed by atoms with Gasteiger partial charge in [0.25, 0.3) is 0 Å². The van der Waals surface area contributed by atoms with Crippen LogP contribution in [0.15, 0.2) is 29.6 Å². The first-order valence-electron chi connectivity index (χ1n) is 6.21. The minimum absolute atomic E-state index is 0.0644. The van der Waals surface area contributed by atoms with E-state index in [2.05, 4.69) is 28.1 Å². The molecule has 2 heterocycles. The van der Waals surface area contributed by atoms with Crippen molar-refractivity contribution in [1.82, 2.24) is 5.32 Å². The van der Waals surface area contributed by atoms with E-state index in [9.17, 15) is 4.79 Å². The molecule has 1 aliphatic heterocycles. The van der Waals surface area contributed by atoms with E-state index in [0.717, 1.165) is 25.1 Å². The summed E-state index contributed by atoms with van der Waals surface area (Å²) in [6.07, 6.45) is 1.97. The van der Waals surface area contributed by atoms with Gasteiger partial charge in [0.15, 0.2) is 0 Å². The second kappa shape index (κ2) is 4.37. The lowest BCUT2D eigenvalue weighted by molar-refractivity contribution is -0.121. The number of anilines is 1. The SMILES string of the molecule is CC1(C(=O)Nc2ccc3sccc3c2)CCCN1. The zero-order valence-corrected chi connectivity index (χ0v) is 11.1. The van der Waals surface area contributed by atoms with Gasteiger partial charge in [0, 0.05) is 10.4 Å². The molecule has 4 heteroatoms. The first-order valence-corrected chi connectivity index (χ1v) is 7.09. The standard InChI is InChI=1S/C14H16N2OS/c1-14(6-2-7-15-14)13(17)16-11-3-4-12-10(9-11)5-8-18-12/h3-5,8-9,15H,2,6-7H2,1H3,(H,16,17). The van der Waals surface area contributed by atoms with Crippen molar-refractivity contribution >= 4 is 33.0 Å². The Bertz CT molecular complexity index is 584. The summed E-state index contributed by atoms with van der Waals surface area (Å²) in [5, 5.41) is 9.53. The van der Waals surface area contributed by atoms with Crippen LogP contribution in [0.3, 0.4) is 0 Å². The van der Waals surface area contributed by atoms with E-state index in [1.54, 1.807) is 11.3 Å². The number of thiophene rings is 1. The van der Waals surface area contributed by atoms with E-state index in [1.165, 1.54) is 10.1 Å². The van der Waals surface area contributed by atoms with Crippen molar-refractivity contribution in [2.45, 2.75) is 25.3 Å². The largest absolute Gasteiger partial charge is 0.324 e. The molecule has 0 aliphatic carbocycles. The molecule has 1 aliphatic rings. The molecule has 1 unspecified atom stereocenters. The van der Waals surface area contributed by atoms with Crippen LogP contribution < -0.4 is 10.6 Å². The Morgan fingerprint density at radius 3 is 3.11 bits per heavy atom. The van der Waals surface area contributed by atoms with Crippen LogP contribution in [0, 0.1) is 0 Å². The number of amides is 1. The van der Waals surface area contributed by atoms with E-state index >= 15 is 0 Å². The number of nitrogens with one attached hydrogen (secondary N) is 2. The number of carbonyl (C=O) groups excluding carboxylic acids is 1. The molecule has 1 amide bonds. The fraction of sp³-hybridized carbons (Fsp3) is 0.357. The minimum Gasteiger partial charge on any atom is -0.324 e. The Morgan fingerprint density at radius 1 is 1.44 bits per heavy atom. The molecule has 0 spiro atoms. The number of carbonyl (C=O) groups is 1. The first kappa shape index (κ1) is 11.7. The Labute approximate surface area is 110 Å². The van der Waals surface area contributed by atoms with Crippen LogP contribution >= 0.6 is 11.3 Å². The van der Waals surface area contributed by atoms with Gasteiger partial charge in [0.2, 0.25) is 5.91 Å². The van der Waals surface area contributed by atoms with E-state index in [0.29, 0.717) is 0 Å². The molecule has 0 saturated carbocycles. The van der Waals surface area contributed by atoms with E-state index < -0.39 is 5.54 Å². The molecule has 1 aromatic heterocycles. The zero-order valence-electron chi connectivity index (χ0n) is 10.3. The molecular weight excluding hydrogens is 244 g/mol. The molecule has 1 atom stereocenters. The summed E-state index contributed by atoms with van der Waals surface area (Å²) < 4.78 is 1.25. The third kappa shape index (κ3) is 2.02. The molecule has 94 valence electrons. The van der Waals surface area contributed by atoms with Crippen molar-refractivity contribution < 1.29 is 4.79 Å². The molecule has 1 aromatic carbocycles. The van der Waals surface area contributed by atoms with Crippen LogP contribution in [0.5, 0.6) is 0 Å². The average molecular weight is 260 g/mol. The third-order valence-corrected chi connectivity index (χ3v) is 4.48. The summed E-state index contributed by atoms with van der Waals surface area (Å²) in [4.78, 5) is 12.2. The van der Waals surface area contributed by atoms with Crippen LogP contribution in [-0.2, 0) is 4.79 Å². The Hall–Kier alpha value is -1.39. The lowest BCUT2D eigenvalue weighted by atomic mass is 9.99. The van der Waals surface area contributed by atoms with Gasteiger partial charge in [-0.2, -0.15) is 0 Å². The molecular formula is C14H16N2OS. The predicted octanol–water partition coefficient (Wildman–Crippen LogP) is 2.98. The molecule has 0 bridgehead atoms. The molecule has 1 fully saturated rings. The van der Waals surface area contributed by atoms with Crippen LogP contribution in [0.4, 0.5) is 5.69 Å². The quantitative estimate of drug-likeness (QED) is 0.871. The van der Waals surface area contributed by atoms with E-state index in [-0.39, 0.29) is 5.91 Å². The van der Waals surface area contributed by atoms with Gasteiger partial charge in [-0.15, -0.1) is 11.3 Å². The maximum Gasteiger partial charge on any atom is 0.244 e. The summed E-state index contributed by atoms with van der Waals surface area (Å²) in [6.45, 7) is 2.89. The summed E-state index contributed by atoms with van der Waals surface area (Å²) in [7, 11) is 0. The topological polar surface area (TPSA) is 41.1 Å². The minimum atomic E-state index is -0.413. The van der Waals surface area contributed by atoms with Crippen LogP contribution in [0.25, 0.3) is 10.1 Å². The maximum absolute atomic E-state index is 12.2. The van der Waals surface area contributed by atoms with Gasteiger partial charge in [-0.25, -0.2) is 0 Å². The van der Waals surface area contributed by atoms with Gasteiger partial charge in [0.1, 0.15) is 0 Å². The fourth-order valence-electron chi connectivity index (χ4n) is 2.40.